The minimum Gasteiger partial charge on any atom is -0.497 e. The molecule has 0 radical (unpaired) electrons. The molecule has 0 heterocycles. The third kappa shape index (κ3) is 6.10. The molecule has 20 heavy (non-hydrogen) atoms. The van der Waals surface area contributed by atoms with E-state index in [1.54, 1.807) is 7.11 Å². The van der Waals surface area contributed by atoms with Gasteiger partial charge in [-0.1, -0.05) is 25.7 Å². The van der Waals surface area contributed by atoms with Gasteiger partial charge >= 0.3 is 0 Å². The molecule has 0 spiro atoms. The largest absolute Gasteiger partial charge is 0.497 e. The third-order valence-electron chi connectivity index (χ3n) is 2.97. The van der Waals surface area contributed by atoms with Crippen molar-refractivity contribution >= 4 is 0 Å². The molecule has 0 aliphatic heterocycles. The molecule has 3 heteroatoms. The molecule has 1 aromatic rings. The van der Waals surface area contributed by atoms with Gasteiger partial charge in [-0.15, -0.1) is 0 Å². The van der Waals surface area contributed by atoms with Crippen molar-refractivity contribution in [3.05, 3.63) is 29.3 Å². The van der Waals surface area contributed by atoms with Crippen molar-refractivity contribution in [3.8, 4) is 17.6 Å². The van der Waals surface area contributed by atoms with E-state index in [-0.39, 0.29) is 0 Å². The van der Waals surface area contributed by atoms with Gasteiger partial charge in [0.15, 0.2) is 0 Å². The van der Waals surface area contributed by atoms with Crippen LogP contribution in [0.5, 0.6) is 5.75 Å². The second-order valence-corrected chi connectivity index (χ2v) is 5.12. The summed E-state index contributed by atoms with van der Waals surface area (Å²) in [6, 6.07) is 5.83. The van der Waals surface area contributed by atoms with Crippen molar-refractivity contribution in [2.75, 3.05) is 20.3 Å². The van der Waals surface area contributed by atoms with E-state index in [0.717, 1.165) is 35.8 Å². The monoisotopic (exact) mass is 275 g/mol. The van der Waals surface area contributed by atoms with Crippen molar-refractivity contribution in [3.63, 3.8) is 0 Å². The van der Waals surface area contributed by atoms with Gasteiger partial charge in [0.25, 0.3) is 0 Å². The third-order valence-corrected chi connectivity index (χ3v) is 2.97. The zero-order chi connectivity index (χ0) is 14.8. The average Bonchev–Trinajstić information content (AvgIpc) is 2.45. The van der Waals surface area contributed by atoms with Crippen molar-refractivity contribution in [2.45, 2.75) is 33.3 Å². The first-order valence-electron chi connectivity index (χ1n) is 7.11. The lowest BCUT2D eigenvalue weighted by molar-refractivity contribution is 0.114. The predicted octanol–water partition coefficient (Wildman–Crippen LogP) is 2.96. The number of hydrogen-bond acceptors (Lipinski definition) is 3. The molecule has 0 atom stereocenters. The first kappa shape index (κ1) is 16.6. The van der Waals surface area contributed by atoms with E-state index < -0.39 is 0 Å². The number of benzene rings is 1. The van der Waals surface area contributed by atoms with Crippen LogP contribution in [0.3, 0.4) is 0 Å². The number of hydrogen-bond donors (Lipinski definition) is 1. The summed E-state index contributed by atoms with van der Waals surface area (Å²) in [5.74, 6) is 7.50. The van der Waals surface area contributed by atoms with Gasteiger partial charge in [-0.25, -0.2) is 0 Å². The Labute approximate surface area is 122 Å². The molecule has 1 rings (SSSR count). The molecule has 0 saturated heterocycles. The van der Waals surface area contributed by atoms with E-state index in [1.165, 1.54) is 6.42 Å². The summed E-state index contributed by atoms with van der Waals surface area (Å²) in [5.41, 5.74) is 7.43. The fourth-order valence-corrected chi connectivity index (χ4v) is 1.86. The predicted molar refractivity (Wildman–Crippen MR) is 82.7 cm³/mol. The Hall–Kier alpha value is -1.50. The molecule has 0 aliphatic rings. The van der Waals surface area contributed by atoms with Crippen LogP contribution in [0.2, 0.25) is 0 Å². The SMILES string of the molecule is COc1ccc(C#CCN)c(COCCCC(C)C)c1. The molecule has 0 unspecified atom stereocenters. The summed E-state index contributed by atoms with van der Waals surface area (Å²) in [6.45, 7) is 6.15. The Morgan fingerprint density at radius 2 is 2.10 bits per heavy atom. The Kier molecular flexibility index (Phi) is 7.79. The van der Waals surface area contributed by atoms with E-state index in [1.807, 2.05) is 18.2 Å². The quantitative estimate of drug-likeness (QED) is 0.614. The zero-order valence-electron chi connectivity index (χ0n) is 12.7. The second kappa shape index (κ2) is 9.41. The molecule has 0 saturated carbocycles. The minimum atomic E-state index is 0.362. The van der Waals surface area contributed by atoms with Gasteiger partial charge < -0.3 is 15.2 Å². The summed E-state index contributed by atoms with van der Waals surface area (Å²) < 4.78 is 11.0. The van der Waals surface area contributed by atoms with Crippen LogP contribution in [-0.2, 0) is 11.3 Å². The lowest BCUT2D eigenvalue weighted by Gasteiger charge is -2.09. The molecule has 0 bridgehead atoms. The van der Waals surface area contributed by atoms with Gasteiger partial charge in [-0.2, -0.15) is 0 Å². The number of nitrogens with two attached hydrogens (primary N) is 1. The van der Waals surface area contributed by atoms with E-state index in [2.05, 4.69) is 25.7 Å². The van der Waals surface area contributed by atoms with Crippen LogP contribution in [0.4, 0.5) is 0 Å². The van der Waals surface area contributed by atoms with E-state index >= 15 is 0 Å². The summed E-state index contributed by atoms with van der Waals surface area (Å²) in [7, 11) is 1.66. The highest BCUT2D eigenvalue weighted by Gasteiger charge is 2.03. The normalized spacial score (nSPS) is 10.2. The molecule has 0 fully saturated rings. The van der Waals surface area contributed by atoms with Crippen LogP contribution in [0.15, 0.2) is 18.2 Å². The van der Waals surface area contributed by atoms with Gasteiger partial charge in [0.05, 0.1) is 20.3 Å². The minimum absolute atomic E-state index is 0.362. The summed E-state index contributed by atoms with van der Waals surface area (Å²) in [5, 5.41) is 0. The fourth-order valence-electron chi connectivity index (χ4n) is 1.86. The Bertz CT molecular complexity index is 458. The highest BCUT2D eigenvalue weighted by molar-refractivity contribution is 5.45. The fraction of sp³-hybridized carbons (Fsp3) is 0.529. The number of ether oxygens (including phenoxy) is 2. The first-order chi connectivity index (χ1) is 9.67. The van der Waals surface area contributed by atoms with Crippen LogP contribution in [0.25, 0.3) is 0 Å². The Morgan fingerprint density at radius 3 is 2.75 bits per heavy atom. The second-order valence-electron chi connectivity index (χ2n) is 5.12. The molecule has 0 aliphatic carbocycles. The van der Waals surface area contributed by atoms with Crippen molar-refractivity contribution in [2.24, 2.45) is 11.7 Å². The molecule has 3 nitrogen and oxygen atoms in total. The van der Waals surface area contributed by atoms with E-state index in [4.69, 9.17) is 15.2 Å². The van der Waals surface area contributed by atoms with Crippen molar-refractivity contribution < 1.29 is 9.47 Å². The van der Waals surface area contributed by atoms with Crippen LogP contribution in [-0.4, -0.2) is 20.3 Å². The van der Waals surface area contributed by atoms with Crippen LogP contribution < -0.4 is 10.5 Å². The van der Waals surface area contributed by atoms with E-state index in [9.17, 15) is 0 Å². The standard InChI is InChI=1S/C17H25NO2/c1-14(2)6-5-11-20-13-16-12-17(19-3)9-8-15(16)7-4-10-18/h8-9,12,14H,5-6,10-11,13,18H2,1-3H3. The van der Waals surface area contributed by atoms with Gasteiger partial charge in [0, 0.05) is 12.2 Å². The maximum atomic E-state index is 5.74. The highest BCUT2D eigenvalue weighted by atomic mass is 16.5. The molecular weight excluding hydrogens is 250 g/mol. The maximum Gasteiger partial charge on any atom is 0.119 e. The molecule has 0 aromatic heterocycles. The van der Waals surface area contributed by atoms with Crippen LogP contribution in [0, 0.1) is 17.8 Å². The first-order valence-corrected chi connectivity index (χ1v) is 7.11. The van der Waals surface area contributed by atoms with Crippen LogP contribution >= 0.6 is 0 Å². The summed E-state index contributed by atoms with van der Waals surface area (Å²) in [6.07, 6.45) is 2.28. The summed E-state index contributed by atoms with van der Waals surface area (Å²) in [4.78, 5) is 0. The van der Waals surface area contributed by atoms with Crippen molar-refractivity contribution in [1.29, 1.82) is 0 Å². The number of methoxy groups -OCH3 is 1. The lowest BCUT2D eigenvalue weighted by atomic mass is 10.1. The molecule has 2 N–H and O–H groups in total. The van der Waals surface area contributed by atoms with Crippen molar-refractivity contribution in [1.82, 2.24) is 0 Å². The molecule has 0 amide bonds. The Balaban J connectivity index is 2.61. The molecular formula is C17H25NO2. The van der Waals surface area contributed by atoms with E-state index in [0.29, 0.717) is 13.2 Å². The highest BCUT2D eigenvalue weighted by Crippen LogP contribution is 2.18. The van der Waals surface area contributed by atoms with Crippen LogP contribution in [0.1, 0.15) is 37.8 Å². The van der Waals surface area contributed by atoms with Gasteiger partial charge in [-0.3, -0.25) is 0 Å². The number of rotatable bonds is 7. The van der Waals surface area contributed by atoms with Gasteiger partial charge in [0.1, 0.15) is 5.75 Å². The topological polar surface area (TPSA) is 44.5 Å². The lowest BCUT2D eigenvalue weighted by Crippen LogP contribution is -2.00. The summed E-state index contributed by atoms with van der Waals surface area (Å²) >= 11 is 0. The molecule has 1 aromatic carbocycles. The Morgan fingerprint density at radius 1 is 1.30 bits per heavy atom. The van der Waals surface area contributed by atoms with Gasteiger partial charge in [0.2, 0.25) is 0 Å². The zero-order valence-corrected chi connectivity index (χ0v) is 12.7. The smallest absolute Gasteiger partial charge is 0.119 e. The average molecular weight is 275 g/mol. The maximum absolute atomic E-state index is 5.74. The molecule has 110 valence electrons. The van der Waals surface area contributed by atoms with Gasteiger partial charge in [-0.05, 0) is 42.5 Å².